The van der Waals surface area contributed by atoms with Gasteiger partial charge in [0.05, 0.1) is 26.3 Å². The van der Waals surface area contributed by atoms with Gasteiger partial charge in [0.1, 0.15) is 5.75 Å². The summed E-state index contributed by atoms with van der Waals surface area (Å²) < 4.78 is 21.0. The monoisotopic (exact) mass is 410 g/mol. The topological polar surface area (TPSA) is 109 Å². The summed E-state index contributed by atoms with van der Waals surface area (Å²) in [6.07, 6.45) is 4.54. The number of carbonyl (C=O) groups is 1. The highest BCUT2D eigenvalue weighted by Crippen LogP contribution is 2.36. The molecule has 0 radical (unpaired) electrons. The quantitative estimate of drug-likeness (QED) is 0.297. The van der Waals surface area contributed by atoms with Crippen LogP contribution in [0.15, 0.2) is 53.2 Å². The summed E-state index contributed by atoms with van der Waals surface area (Å²) in [6.45, 7) is 0. The van der Waals surface area contributed by atoms with E-state index in [4.69, 9.17) is 18.9 Å². The second-order valence-corrected chi connectivity index (χ2v) is 6.00. The van der Waals surface area contributed by atoms with Gasteiger partial charge in [0.15, 0.2) is 17.2 Å². The minimum absolute atomic E-state index is 0.0383. The van der Waals surface area contributed by atoms with Crippen LogP contribution in [0.1, 0.15) is 11.1 Å². The fraction of sp³-hybridized carbons (Fsp3) is 0.143. The van der Waals surface area contributed by atoms with Crippen molar-refractivity contribution in [2.24, 2.45) is 4.99 Å². The molecule has 0 fully saturated rings. The van der Waals surface area contributed by atoms with Crippen molar-refractivity contribution < 1.29 is 28.7 Å². The first-order chi connectivity index (χ1) is 14.4. The molecule has 0 bridgehead atoms. The molecule has 0 aromatic heterocycles. The maximum absolute atomic E-state index is 12.2. The van der Waals surface area contributed by atoms with E-state index in [1.165, 1.54) is 45.6 Å². The van der Waals surface area contributed by atoms with E-state index in [9.17, 15) is 14.9 Å². The molecule has 30 heavy (non-hydrogen) atoms. The molecule has 0 saturated heterocycles. The highest BCUT2D eigenvalue weighted by Gasteiger charge is 2.22. The Hall–Kier alpha value is -4.14. The number of nitro groups is 1. The van der Waals surface area contributed by atoms with Crippen LogP contribution in [0, 0.1) is 10.1 Å². The standard InChI is InChI=1S/C21H18N2O7/c1-27-17-12-19(29-3)18(28-2)11-14(17)10-16-21(24)30-20(22-16)8-7-13-5-4-6-15(9-13)23(25)26/h4-12H,1-3H3. The average Bonchev–Trinajstić information content (AvgIpc) is 3.11. The van der Waals surface area contributed by atoms with Gasteiger partial charge in [0, 0.05) is 29.8 Å². The molecule has 0 spiro atoms. The SMILES string of the molecule is COc1cc(OC)c(OC)cc1C=C1N=C(C=Cc2cccc([N+](=O)[O-])c2)OC1=O. The maximum Gasteiger partial charge on any atom is 0.363 e. The number of hydrogen-bond donors (Lipinski definition) is 0. The third-order valence-corrected chi connectivity index (χ3v) is 4.16. The number of nitro benzene ring substituents is 1. The van der Waals surface area contributed by atoms with Crippen molar-refractivity contribution in [2.45, 2.75) is 0 Å². The van der Waals surface area contributed by atoms with Crippen LogP contribution in [0.25, 0.3) is 12.2 Å². The highest BCUT2D eigenvalue weighted by molar-refractivity contribution is 6.11. The van der Waals surface area contributed by atoms with Crippen LogP contribution in [0.3, 0.4) is 0 Å². The van der Waals surface area contributed by atoms with Gasteiger partial charge in [-0.05, 0) is 23.8 Å². The van der Waals surface area contributed by atoms with Crippen LogP contribution in [-0.4, -0.2) is 38.1 Å². The molecule has 1 aliphatic rings. The van der Waals surface area contributed by atoms with Crippen molar-refractivity contribution in [3.63, 3.8) is 0 Å². The number of nitrogens with zero attached hydrogens (tertiary/aromatic N) is 2. The zero-order valence-corrected chi connectivity index (χ0v) is 16.4. The van der Waals surface area contributed by atoms with Gasteiger partial charge in [-0.25, -0.2) is 9.79 Å². The lowest BCUT2D eigenvalue weighted by atomic mass is 10.1. The number of cyclic esters (lactones) is 1. The third kappa shape index (κ3) is 4.46. The second kappa shape index (κ2) is 8.91. The molecule has 0 atom stereocenters. The normalized spacial score (nSPS) is 14.6. The van der Waals surface area contributed by atoms with E-state index in [2.05, 4.69) is 4.99 Å². The number of esters is 1. The summed E-state index contributed by atoms with van der Waals surface area (Å²) >= 11 is 0. The lowest BCUT2D eigenvalue weighted by Gasteiger charge is -2.12. The molecule has 1 aliphatic heterocycles. The Bertz CT molecular complexity index is 1090. The van der Waals surface area contributed by atoms with Crippen LogP contribution in [-0.2, 0) is 9.53 Å². The Morgan fingerprint density at radius 1 is 1.00 bits per heavy atom. The third-order valence-electron chi connectivity index (χ3n) is 4.16. The van der Waals surface area contributed by atoms with Crippen molar-refractivity contribution in [1.29, 1.82) is 0 Å². The number of rotatable bonds is 7. The molecule has 154 valence electrons. The Morgan fingerprint density at radius 2 is 1.70 bits per heavy atom. The van der Waals surface area contributed by atoms with Gasteiger partial charge >= 0.3 is 5.97 Å². The van der Waals surface area contributed by atoms with Gasteiger partial charge in [-0.1, -0.05) is 12.1 Å². The van der Waals surface area contributed by atoms with E-state index in [1.54, 1.807) is 30.3 Å². The van der Waals surface area contributed by atoms with Crippen molar-refractivity contribution in [1.82, 2.24) is 0 Å². The number of methoxy groups -OCH3 is 3. The maximum atomic E-state index is 12.2. The molecule has 0 amide bonds. The molecule has 9 nitrogen and oxygen atoms in total. The van der Waals surface area contributed by atoms with E-state index in [-0.39, 0.29) is 17.3 Å². The van der Waals surface area contributed by atoms with Crippen LogP contribution in [0.5, 0.6) is 17.2 Å². The number of ether oxygens (including phenoxy) is 4. The molecule has 0 unspecified atom stereocenters. The predicted molar refractivity (Wildman–Crippen MR) is 110 cm³/mol. The number of non-ortho nitro benzene ring substituents is 1. The molecule has 3 rings (SSSR count). The highest BCUT2D eigenvalue weighted by atomic mass is 16.6. The van der Waals surface area contributed by atoms with Crippen LogP contribution >= 0.6 is 0 Å². The average molecular weight is 410 g/mol. The Labute approximate surface area is 172 Å². The van der Waals surface area contributed by atoms with E-state index < -0.39 is 10.9 Å². The van der Waals surface area contributed by atoms with Crippen LogP contribution in [0.4, 0.5) is 5.69 Å². The number of aliphatic imine (C=N–C) groups is 1. The van der Waals surface area contributed by atoms with Crippen LogP contribution < -0.4 is 14.2 Å². The number of benzene rings is 2. The minimum atomic E-state index is -0.634. The van der Waals surface area contributed by atoms with E-state index >= 15 is 0 Å². The van der Waals surface area contributed by atoms with Gasteiger partial charge in [-0.15, -0.1) is 0 Å². The van der Waals surface area contributed by atoms with Gasteiger partial charge in [-0.3, -0.25) is 10.1 Å². The van der Waals surface area contributed by atoms with Gasteiger partial charge < -0.3 is 18.9 Å². The molecule has 1 heterocycles. The van der Waals surface area contributed by atoms with Gasteiger partial charge in [-0.2, -0.15) is 0 Å². The summed E-state index contributed by atoms with van der Waals surface area (Å²) in [6, 6.07) is 9.34. The minimum Gasteiger partial charge on any atom is -0.496 e. The zero-order valence-electron chi connectivity index (χ0n) is 16.4. The van der Waals surface area contributed by atoms with Gasteiger partial charge in [0.25, 0.3) is 5.69 Å². The van der Waals surface area contributed by atoms with Gasteiger partial charge in [0.2, 0.25) is 5.90 Å². The largest absolute Gasteiger partial charge is 0.496 e. The Balaban J connectivity index is 1.89. The van der Waals surface area contributed by atoms with Crippen molar-refractivity contribution in [2.75, 3.05) is 21.3 Å². The first-order valence-corrected chi connectivity index (χ1v) is 8.70. The molecular formula is C21H18N2O7. The molecule has 9 heteroatoms. The summed E-state index contributed by atoms with van der Waals surface area (Å²) in [5.74, 6) is 0.840. The zero-order chi connectivity index (χ0) is 21.7. The fourth-order valence-corrected chi connectivity index (χ4v) is 2.72. The summed E-state index contributed by atoms with van der Waals surface area (Å²) in [4.78, 5) is 26.7. The predicted octanol–water partition coefficient (Wildman–Crippen LogP) is 3.63. The second-order valence-electron chi connectivity index (χ2n) is 6.00. The fourth-order valence-electron chi connectivity index (χ4n) is 2.72. The molecule has 0 N–H and O–H groups in total. The molecule has 2 aromatic rings. The summed E-state index contributed by atoms with van der Waals surface area (Å²) in [5, 5.41) is 10.9. The summed E-state index contributed by atoms with van der Waals surface area (Å²) in [7, 11) is 4.50. The van der Waals surface area contributed by atoms with E-state index in [0.29, 0.717) is 28.4 Å². The van der Waals surface area contributed by atoms with Crippen LogP contribution in [0.2, 0.25) is 0 Å². The Kier molecular flexibility index (Phi) is 6.11. The molecule has 0 aliphatic carbocycles. The molecule has 2 aromatic carbocycles. The first-order valence-electron chi connectivity index (χ1n) is 8.70. The lowest BCUT2D eigenvalue weighted by Crippen LogP contribution is -2.01. The van der Waals surface area contributed by atoms with E-state index in [1.807, 2.05) is 0 Å². The first kappa shape index (κ1) is 20.6. The number of carbonyl (C=O) groups excluding carboxylic acids is 1. The number of hydrogen-bond acceptors (Lipinski definition) is 8. The van der Waals surface area contributed by atoms with E-state index in [0.717, 1.165) is 0 Å². The molecular weight excluding hydrogens is 392 g/mol. The Morgan fingerprint density at radius 3 is 2.37 bits per heavy atom. The van der Waals surface area contributed by atoms with Crippen molar-refractivity contribution in [3.8, 4) is 17.2 Å². The molecule has 0 saturated carbocycles. The lowest BCUT2D eigenvalue weighted by molar-refractivity contribution is -0.384. The smallest absolute Gasteiger partial charge is 0.363 e. The summed E-state index contributed by atoms with van der Waals surface area (Å²) in [5.41, 5.74) is 1.15. The van der Waals surface area contributed by atoms with Crippen molar-refractivity contribution in [3.05, 3.63) is 69.4 Å². The van der Waals surface area contributed by atoms with Crippen molar-refractivity contribution >= 4 is 29.7 Å².